The zero-order chi connectivity index (χ0) is 23.7. The first kappa shape index (κ1) is 24.4. The number of nitrogens with one attached hydrogen (secondary N) is 2. The Labute approximate surface area is 184 Å². The molecule has 0 spiro atoms. The van der Waals surface area contributed by atoms with Gasteiger partial charge in [0.25, 0.3) is 0 Å². The Morgan fingerprint density at radius 2 is 1.31 bits per heavy atom. The highest BCUT2D eigenvalue weighted by molar-refractivity contribution is 5.93. The lowest BCUT2D eigenvalue weighted by atomic mass is 10.0. The molecule has 2 rings (SSSR count). The average Bonchev–Trinajstić information content (AvgIpc) is 2.74. The van der Waals surface area contributed by atoms with Crippen molar-refractivity contribution in [2.45, 2.75) is 37.4 Å². The molecule has 0 radical (unpaired) electrons. The lowest BCUT2D eigenvalue weighted by Crippen LogP contribution is -2.55. The van der Waals surface area contributed by atoms with Crippen molar-refractivity contribution in [1.29, 1.82) is 0 Å². The second kappa shape index (κ2) is 11.5. The van der Waals surface area contributed by atoms with Gasteiger partial charge in [0.15, 0.2) is 0 Å². The summed E-state index contributed by atoms with van der Waals surface area (Å²) >= 11 is 0. The number of rotatable bonds is 11. The van der Waals surface area contributed by atoms with Crippen LogP contribution in [0.2, 0.25) is 0 Å². The lowest BCUT2D eigenvalue weighted by Gasteiger charge is -2.23. The van der Waals surface area contributed by atoms with Gasteiger partial charge in [-0.05, 0) is 23.3 Å². The smallest absolute Gasteiger partial charge is 0.326 e. The largest absolute Gasteiger partial charge is 0.508 e. The number of carbonyl (C=O) groups is 4. The quantitative estimate of drug-likeness (QED) is 0.281. The molecular weight excluding hydrogens is 418 g/mol. The molecule has 10 heteroatoms. The molecule has 0 saturated heterocycles. The molecule has 2 aromatic carbocycles. The van der Waals surface area contributed by atoms with Crippen LogP contribution < -0.4 is 16.4 Å². The summed E-state index contributed by atoms with van der Waals surface area (Å²) in [5.74, 6) is -4.12. The molecule has 3 unspecified atom stereocenters. The molecule has 7 N–H and O–H groups in total. The van der Waals surface area contributed by atoms with E-state index in [9.17, 15) is 29.4 Å². The third-order valence-corrected chi connectivity index (χ3v) is 4.64. The summed E-state index contributed by atoms with van der Waals surface area (Å²) in [5.41, 5.74) is 6.86. The number of aromatic hydroxyl groups is 1. The Balaban J connectivity index is 2.16. The Morgan fingerprint density at radius 1 is 0.781 bits per heavy atom. The van der Waals surface area contributed by atoms with Crippen LogP contribution in [0.5, 0.6) is 5.75 Å². The van der Waals surface area contributed by atoms with Gasteiger partial charge in [-0.1, -0.05) is 42.5 Å². The van der Waals surface area contributed by atoms with Gasteiger partial charge < -0.3 is 31.7 Å². The number of aliphatic carboxylic acids is 2. The number of nitrogens with two attached hydrogens (primary N) is 1. The number of carboxylic acid groups (broad SMARTS) is 2. The minimum absolute atomic E-state index is 0.0213. The molecule has 0 aromatic heterocycles. The van der Waals surface area contributed by atoms with Crippen molar-refractivity contribution in [1.82, 2.24) is 10.6 Å². The summed E-state index contributed by atoms with van der Waals surface area (Å²) in [5, 5.41) is 32.6. The number of carbonyl (C=O) groups excluding carboxylic acids is 2. The first-order valence-electron chi connectivity index (χ1n) is 9.78. The maximum Gasteiger partial charge on any atom is 0.326 e. The first-order valence-corrected chi connectivity index (χ1v) is 9.78. The molecule has 170 valence electrons. The zero-order valence-electron chi connectivity index (χ0n) is 17.1. The van der Waals surface area contributed by atoms with Crippen LogP contribution in [0.4, 0.5) is 0 Å². The van der Waals surface area contributed by atoms with Crippen molar-refractivity contribution in [3.63, 3.8) is 0 Å². The highest BCUT2D eigenvalue weighted by Gasteiger charge is 2.29. The monoisotopic (exact) mass is 443 g/mol. The van der Waals surface area contributed by atoms with Gasteiger partial charge in [0.2, 0.25) is 11.8 Å². The topological polar surface area (TPSA) is 179 Å². The fraction of sp³-hybridized carbons (Fsp3) is 0.273. The van der Waals surface area contributed by atoms with E-state index in [0.29, 0.717) is 11.1 Å². The summed E-state index contributed by atoms with van der Waals surface area (Å²) in [7, 11) is 0. The molecule has 32 heavy (non-hydrogen) atoms. The van der Waals surface area contributed by atoms with Crippen LogP contribution in [0, 0.1) is 0 Å². The summed E-state index contributed by atoms with van der Waals surface area (Å²) in [6.45, 7) is 0. The van der Waals surface area contributed by atoms with Gasteiger partial charge in [-0.2, -0.15) is 0 Å². The number of phenolic OH excluding ortho intramolecular Hbond substituents is 1. The van der Waals surface area contributed by atoms with E-state index >= 15 is 0 Å². The van der Waals surface area contributed by atoms with Crippen LogP contribution in [-0.4, -0.2) is 57.2 Å². The van der Waals surface area contributed by atoms with E-state index in [2.05, 4.69) is 10.6 Å². The Hall–Kier alpha value is -3.92. The number of phenols is 1. The van der Waals surface area contributed by atoms with Crippen molar-refractivity contribution in [2.75, 3.05) is 0 Å². The average molecular weight is 443 g/mol. The third kappa shape index (κ3) is 7.73. The molecule has 2 amide bonds. The summed E-state index contributed by atoms with van der Waals surface area (Å²) in [4.78, 5) is 47.7. The molecule has 0 aliphatic heterocycles. The van der Waals surface area contributed by atoms with Crippen molar-refractivity contribution in [2.24, 2.45) is 5.73 Å². The number of hydrogen-bond donors (Lipinski definition) is 6. The van der Waals surface area contributed by atoms with E-state index in [4.69, 9.17) is 10.8 Å². The van der Waals surface area contributed by atoms with Crippen LogP contribution in [0.1, 0.15) is 17.5 Å². The summed E-state index contributed by atoms with van der Waals surface area (Å²) in [6.07, 6.45) is -0.625. The van der Waals surface area contributed by atoms with Crippen molar-refractivity contribution in [3.05, 3.63) is 65.7 Å². The molecule has 0 bridgehead atoms. The van der Waals surface area contributed by atoms with Gasteiger partial charge in [-0.3, -0.25) is 14.4 Å². The fourth-order valence-corrected chi connectivity index (χ4v) is 2.96. The lowest BCUT2D eigenvalue weighted by molar-refractivity contribution is -0.142. The predicted octanol–water partition coefficient (Wildman–Crippen LogP) is 0.0336. The minimum atomic E-state index is -1.37. The van der Waals surface area contributed by atoms with Gasteiger partial charge >= 0.3 is 11.9 Å². The number of carboxylic acids is 2. The second-order valence-corrected chi connectivity index (χ2v) is 7.23. The van der Waals surface area contributed by atoms with Gasteiger partial charge in [0.05, 0.1) is 12.5 Å². The van der Waals surface area contributed by atoms with E-state index in [1.807, 2.05) is 0 Å². The van der Waals surface area contributed by atoms with Crippen LogP contribution >= 0.6 is 0 Å². The molecule has 0 saturated carbocycles. The van der Waals surface area contributed by atoms with E-state index < -0.39 is 48.3 Å². The zero-order valence-corrected chi connectivity index (χ0v) is 17.1. The maximum absolute atomic E-state index is 12.9. The number of benzene rings is 2. The highest BCUT2D eigenvalue weighted by atomic mass is 16.4. The van der Waals surface area contributed by atoms with Gasteiger partial charge in [0.1, 0.15) is 17.8 Å². The van der Waals surface area contributed by atoms with E-state index in [1.165, 1.54) is 24.3 Å². The summed E-state index contributed by atoms with van der Waals surface area (Å²) < 4.78 is 0. The SMILES string of the molecule is NC(CC(=O)O)C(=O)NC(Cc1ccccc1)C(=O)NC(Cc1ccc(O)cc1)C(=O)O. The van der Waals surface area contributed by atoms with Crippen molar-refractivity contribution in [3.8, 4) is 5.75 Å². The number of hydrogen-bond acceptors (Lipinski definition) is 6. The van der Waals surface area contributed by atoms with Gasteiger partial charge in [0, 0.05) is 12.8 Å². The van der Waals surface area contributed by atoms with Crippen LogP contribution in [0.3, 0.4) is 0 Å². The molecule has 0 heterocycles. The first-order chi connectivity index (χ1) is 15.2. The van der Waals surface area contributed by atoms with E-state index in [1.54, 1.807) is 30.3 Å². The molecule has 0 aliphatic carbocycles. The fourth-order valence-electron chi connectivity index (χ4n) is 2.96. The number of amides is 2. The van der Waals surface area contributed by atoms with Crippen LogP contribution in [0.15, 0.2) is 54.6 Å². The molecule has 3 atom stereocenters. The second-order valence-electron chi connectivity index (χ2n) is 7.23. The molecule has 10 nitrogen and oxygen atoms in total. The maximum atomic E-state index is 12.9. The molecule has 2 aromatic rings. The minimum Gasteiger partial charge on any atom is -0.508 e. The van der Waals surface area contributed by atoms with Crippen molar-refractivity contribution >= 4 is 23.8 Å². The van der Waals surface area contributed by atoms with E-state index in [-0.39, 0.29) is 18.6 Å². The van der Waals surface area contributed by atoms with Gasteiger partial charge in [-0.25, -0.2) is 4.79 Å². The van der Waals surface area contributed by atoms with E-state index in [0.717, 1.165) is 0 Å². The van der Waals surface area contributed by atoms with Crippen molar-refractivity contribution < 1.29 is 34.5 Å². The Morgan fingerprint density at radius 3 is 1.88 bits per heavy atom. The normalized spacial score (nSPS) is 13.4. The van der Waals surface area contributed by atoms with Gasteiger partial charge in [-0.15, -0.1) is 0 Å². The highest BCUT2D eigenvalue weighted by Crippen LogP contribution is 2.12. The molecular formula is C22H25N3O7. The van der Waals surface area contributed by atoms with Crippen LogP contribution in [0.25, 0.3) is 0 Å². The molecule has 0 fully saturated rings. The summed E-state index contributed by atoms with van der Waals surface area (Å²) in [6, 6.07) is 10.8. The predicted molar refractivity (Wildman–Crippen MR) is 114 cm³/mol. The Kier molecular flexibility index (Phi) is 8.72. The van der Waals surface area contributed by atoms with Crippen LogP contribution in [-0.2, 0) is 32.0 Å². The Bertz CT molecular complexity index is 948. The molecule has 0 aliphatic rings. The third-order valence-electron chi connectivity index (χ3n) is 4.64. The standard InChI is InChI=1S/C22H25N3O7/c23-16(12-19(27)28)20(29)24-17(10-13-4-2-1-3-5-13)21(30)25-18(22(31)32)11-14-6-8-15(26)9-7-14/h1-9,16-18,26H,10-12,23H2,(H,24,29)(H,25,30)(H,27,28)(H,31,32).